The number of hydrogen-bond acceptors (Lipinski definition) is 9. The van der Waals surface area contributed by atoms with Crippen molar-refractivity contribution in [2.45, 2.75) is 33.4 Å². The van der Waals surface area contributed by atoms with E-state index >= 15 is 0 Å². The van der Waals surface area contributed by atoms with Gasteiger partial charge in [0.05, 0.1) is 10.3 Å². The summed E-state index contributed by atoms with van der Waals surface area (Å²) in [6.45, 7) is 4.33. The van der Waals surface area contributed by atoms with Gasteiger partial charge in [-0.15, -0.1) is 11.3 Å². The number of Topliss-reactive ketones (excluding diaryl/α,β-unsaturated/α-hetero) is 1. The molecule has 11 heteroatoms. The van der Waals surface area contributed by atoms with Crippen LogP contribution in [0.2, 0.25) is 0 Å². The number of thiophene rings is 1. The summed E-state index contributed by atoms with van der Waals surface area (Å²) in [6.07, 6.45) is 0.702. The Bertz CT molecular complexity index is 1670. The number of benzene rings is 1. The minimum atomic E-state index is -0.637. The molecule has 1 amide bonds. The summed E-state index contributed by atoms with van der Waals surface area (Å²) in [4.78, 5) is 69.8. The smallest absolute Gasteiger partial charge is 0.287 e. The Balaban J connectivity index is 1.33. The number of anilines is 2. The molecule has 10 nitrogen and oxygen atoms in total. The summed E-state index contributed by atoms with van der Waals surface area (Å²) in [6, 6.07) is 5.82. The van der Waals surface area contributed by atoms with E-state index in [2.05, 4.69) is 15.3 Å². The number of aromatic nitrogens is 2. The van der Waals surface area contributed by atoms with Gasteiger partial charge >= 0.3 is 0 Å². The number of carbonyl (C=O) groups is 2. The number of nitrogens with two attached hydrogens (primary N) is 1. The van der Waals surface area contributed by atoms with Crippen LogP contribution in [0.3, 0.4) is 0 Å². The monoisotopic (exact) mass is 491 g/mol. The second-order valence-electron chi connectivity index (χ2n) is 8.58. The molecule has 4 N–H and O–H groups in total. The molecular formula is C24H21N5O5S. The number of amides is 1. The normalized spacial score (nSPS) is 13.3. The molecule has 0 radical (unpaired) electrons. The lowest BCUT2D eigenvalue weighted by Gasteiger charge is -2.32. The Labute approximate surface area is 202 Å². The number of nitrogens with one attached hydrogen (secondary N) is 2. The fourth-order valence-corrected chi connectivity index (χ4v) is 5.55. The van der Waals surface area contributed by atoms with Crippen molar-refractivity contribution < 1.29 is 9.59 Å². The maximum Gasteiger partial charge on any atom is 0.287 e. The number of aryl methyl sites for hydroxylation is 1. The van der Waals surface area contributed by atoms with E-state index in [9.17, 15) is 24.0 Å². The third-order valence-electron chi connectivity index (χ3n) is 6.31. The minimum absolute atomic E-state index is 0.0108. The van der Waals surface area contributed by atoms with Gasteiger partial charge in [-0.25, -0.2) is 4.98 Å². The first-order valence-corrected chi connectivity index (χ1v) is 11.7. The van der Waals surface area contributed by atoms with Gasteiger partial charge in [0.1, 0.15) is 16.2 Å². The predicted molar refractivity (Wildman–Crippen MR) is 133 cm³/mol. The number of rotatable bonds is 5. The average molecular weight is 492 g/mol. The maximum atomic E-state index is 12.7. The van der Waals surface area contributed by atoms with Crippen molar-refractivity contribution in [2.24, 2.45) is 0 Å². The van der Waals surface area contributed by atoms with E-state index in [1.807, 2.05) is 23.1 Å². The molecule has 4 aromatic rings. The average Bonchev–Trinajstić information content (AvgIpc) is 3.19. The number of aromatic amines is 1. The van der Waals surface area contributed by atoms with Crippen molar-refractivity contribution in [1.82, 2.24) is 15.3 Å². The molecule has 1 aliphatic heterocycles. The van der Waals surface area contributed by atoms with Crippen LogP contribution in [0.25, 0.3) is 10.2 Å². The molecule has 0 bridgehead atoms. The van der Waals surface area contributed by atoms with Gasteiger partial charge in [0.15, 0.2) is 5.78 Å². The highest BCUT2D eigenvalue weighted by atomic mass is 32.1. The summed E-state index contributed by atoms with van der Waals surface area (Å²) >= 11 is 1.09. The highest BCUT2D eigenvalue weighted by molar-refractivity contribution is 7.20. The second-order valence-corrected chi connectivity index (χ2v) is 9.58. The van der Waals surface area contributed by atoms with Crippen LogP contribution in [0, 0.1) is 6.92 Å². The fraction of sp³-hybridized carbons (Fsp3) is 0.250. The van der Waals surface area contributed by atoms with Gasteiger partial charge in [0, 0.05) is 19.6 Å². The molecule has 3 heterocycles. The van der Waals surface area contributed by atoms with Gasteiger partial charge in [-0.3, -0.25) is 24.0 Å². The maximum absolute atomic E-state index is 12.7. The zero-order chi connectivity index (χ0) is 25.0. The van der Waals surface area contributed by atoms with E-state index < -0.39 is 22.3 Å². The van der Waals surface area contributed by atoms with Crippen LogP contribution < -0.4 is 32.4 Å². The molecular weight excluding hydrogens is 470 g/mol. The molecule has 0 saturated heterocycles. The van der Waals surface area contributed by atoms with Crippen molar-refractivity contribution in [3.05, 3.63) is 82.0 Å². The number of H-pyrrole nitrogens is 1. The molecule has 2 aromatic heterocycles. The van der Waals surface area contributed by atoms with Crippen LogP contribution in [0.1, 0.15) is 49.5 Å². The van der Waals surface area contributed by atoms with Crippen molar-refractivity contribution in [1.29, 1.82) is 0 Å². The van der Waals surface area contributed by atoms with Crippen LogP contribution in [-0.2, 0) is 19.5 Å². The third kappa shape index (κ3) is 3.73. The van der Waals surface area contributed by atoms with Crippen LogP contribution in [0.15, 0.2) is 32.6 Å². The van der Waals surface area contributed by atoms with E-state index in [-0.39, 0.29) is 29.5 Å². The number of nitrogen functional groups attached to an aromatic ring is 1. The Kier molecular flexibility index (Phi) is 5.36. The first-order chi connectivity index (χ1) is 16.7. The van der Waals surface area contributed by atoms with Gasteiger partial charge in [-0.05, 0) is 42.5 Å². The molecule has 2 aromatic carbocycles. The Morgan fingerprint density at radius 2 is 1.97 bits per heavy atom. The number of ketones is 1. The Morgan fingerprint density at radius 3 is 2.69 bits per heavy atom. The van der Waals surface area contributed by atoms with E-state index in [0.717, 1.165) is 28.0 Å². The van der Waals surface area contributed by atoms with Gasteiger partial charge in [0.2, 0.25) is 5.82 Å². The number of carbonyl (C=O) groups excluding carboxylic acids is 2. The molecule has 0 saturated carbocycles. The van der Waals surface area contributed by atoms with Crippen molar-refractivity contribution >= 4 is 44.6 Å². The lowest BCUT2D eigenvalue weighted by molar-refractivity contribution is 0.0939. The molecule has 5 rings (SSSR count). The highest BCUT2D eigenvalue weighted by Crippen LogP contribution is 2.28. The van der Waals surface area contributed by atoms with Gasteiger partial charge < -0.3 is 20.9 Å². The first kappa shape index (κ1) is 22.7. The van der Waals surface area contributed by atoms with Crippen molar-refractivity contribution in [2.75, 3.05) is 17.2 Å². The number of fused-ring (bicyclic) bond motifs is 2. The Hall–Kier alpha value is -4.12. The third-order valence-corrected chi connectivity index (χ3v) is 7.60. The molecule has 0 fully saturated rings. The van der Waals surface area contributed by atoms with Crippen LogP contribution in [0.4, 0.5) is 11.4 Å². The Morgan fingerprint density at radius 1 is 1.20 bits per heavy atom. The molecule has 178 valence electrons. The number of hydrogen-bond donors (Lipinski definition) is 3. The summed E-state index contributed by atoms with van der Waals surface area (Å²) in [5.41, 5.74) is 7.85. The van der Waals surface area contributed by atoms with E-state index in [1.165, 1.54) is 6.92 Å². The lowest BCUT2D eigenvalue weighted by Crippen LogP contribution is -2.44. The second kappa shape index (κ2) is 8.27. The topological polar surface area (TPSA) is 155 Å². The molecule has 0 aliphatic carbocycles. The van der Waals surface area contributed by atoms with Crippen molar-refractivity contribution in [3.8, 4) is 0 Å². The minimum Gasteiger partial charge on any atom is -0.394 e. The molecule has 35 heavy (non-hydrogen) atoms. The summed E-state index contributed by atoms with van der Waals surface area (Å²) < 4.78 is 0. The van der Waals surface area contributed by atoms with E-state index in [4.69, 9.17) is 5.73 Å². The summed E-state index contributed by atoms with van der Waals surface area (Å²) in [5.74, 6) is -0.831. The molecule has 0 atom stereocenters. The van der Waals surface area contributed by atoms with Crippen molar-refractivity contribution in [3.63, 3.8) is 0 Å². The van der Waals surface area contributed by atoms with Crippen LogP contribution >= 0.6 is 11.3 Å². The van der Waals surface area contributed by atoms with Gasteiger partial charge in [-0.2, -0.15) is 0 Å². The van der Waals surface area contributed by atoms with Gasteiger partial charge in [-0.1, -0.05) is 18.2 Å². The van der Waals surface area contributed by atoms with Gasteiger partial charge in [0.25, 0.3) is 22.3 Å². The standard InChI is InChI=1S/C24H21N5O5S/c1-10-15-22(33)27-21(28-24(15)35-20(10)11(2)30)23(34)26-8-12-3-4-13-5-6-29(9-14(13)7-12)17-16(25)18(31)19(17)32/h3-4,7H,5-6,8-9,25H2,1-2H3,(H,26,34)(H,27,28,33). The zero-order valence-electron chi connectivity index (χ0n) is 19.0. The lowest BCUT2D eigenvalue weighted by atomic mass is 9.96. The van der Waals surface area contributed by atoms with Crippen LogP contribution in [0.5, 0.6) is 0 Å². The summed E-state index contributed by atoms with van der Waals surface area (Å²) in [5, 5.41) is 3.08. The highest BCUT2D eigenvalue weighted by Gasteiger charge is 2.27. The molecule has 0 unspecified atom stereocenters. The largest absolute Gasteiger partial charge is 0.394 e. The zero-order valence-corrected chi connectivity index (χ0v) is 19.8. The summed E-state index contributed by atoms with van der Waals surface area (Å²) in [7, 11) is 0. The molecule has 0 spiro atoms. The predicted octanol–water partition coefficient (Wildman–Crippen LogP) is 1.17. The molecule has 1 aliphatic rings. The fourth-order valence-electron chi connectivity index (χ4n) is 4.48. The number of nitrogens with zero attached hydrogens (tertiary/aromatic N) is 2. The quantitative estimate of drug-likeness (QED) is 0.277. The first-order valence-electron chi connectivity index (χ1n) is 10.9. The van der Waals surface area contributed by atoms with E-state index in [0.29, 0.717) is 40.2 Å². The SMILES string of the molecule is CC(=O)c1sc2nc(C(=O)NCc3ccc4c(c3)CN(c3c(N)c(=O)c3=O)CC4)[nH]c(=O)c2c1C. The van der Waals surface area contributed by atoms with Crippen LogP contribution in [-0.4, -0.2) is 28.2 Å². The van der Waals surface area contributed by atoms with E-state index in [1.54, 1.807) is 6.92 Å².